The number of aliphatic hydroxyl groups is 1. The molecule has 0 spiro atoms. The molecular weight excluding hydrogens is 236 g/mol. The Hall–Kier alpha value is -1.07. The Balaban J connectivity index is 2.32. The van der Waals surface area contributed by atoms with Gasteiger partial charge < -0.3 is 15.3 Å². The smallest absolute Gasteiger partial charge is 0.317 e. The van der Waals surface area contributed by atoms with Crippen LogP contribution in [0.2, 0.25) is 0 Å². The molecule has 5 heteroatoms. The fourth-order valence-electron chi connectivity index (χ4n) is 1.36. The first-order chi connectivity index (χ1) is 8.00. The fourth-order valence-corrected chi connectivity index (χ4v) is 2.20. The summed E-state index contributed by atoms with van der Waals surface area (Å²) in [6.07, 6.45) is 0.229. The van der Waals surface area contributed by atoms with Crippen LogP contribution in [-0.2, 0) is 6.54 Å². The SMILES string of the molecule is Cc1ccsc1CNC(=O)N(C)CCC(C)O. The maximum absolute atomic E-state index is 11.7. The van der Waals surface area contributed by atoms with Crippen molar-refractivity contribution < 1.29 is 9.90 Å². The maximum atomic E-state index is 11.7. The lowest BCUT2D eigenvalue weighted by atomic mass is 10.3. The highest BCUT2D eigenvalue weighted by atomic mass is 32.1. The van der Waals surface area contributed by atoms with Crippen LogP contribution in [0.4, 0.5) is 4.79 Å². The van der Waals surface area contributed by atoms with Gasteiger partial charge in [0.2, 0.25) is 0 Å². The van der Waals surface area contributed by atoms with Crippen molar-refractivity contribution in [3.8, 4) is 0 Å². The summed E-state index contributed by atoms with van der Waals surface area (Å²) in [5.74, 6) is 0. The third-order valence-electron chi connectivity index (χ3n) is 2.60. The number of urea groups is 1. The fraction of sp³-hybridized carbons (Fsp3) is 0.583. The molecule has 0 saturated carbocycles. The third-order valence-corrected chi connectivity index (χ3v) is 3.62. The first-order valence-electron chi connectivity index (χ1n) is 5.70. The van der Waals surface area contributed by atoms with Crippen molar-refractivity contribution in [2.45, 2.75) is 32.9 Å². The van der Waals surface area contributed by atoms with E-state index in [0.717, 1.165) is 0 Å². The maximum Gasteiger partial charge on any atom is 0.317 e. The molecule has 1 aromatic heterocycles. The Bertz CT molecular complexity index is 363. The van der Waals surface area contributed by atoms with Gasteiger partial charge in [0.15, 0.2) is 0 Å². The molecule has 4 nitrogen and oxygen atoms in total. The van der Waals surface area contributed by atoms with Gasteiger partial charge in [-0.25, -0.2) is 4.79 Å². The van der Waals surface area contributed by atoms with Crippen LogP contribution in [0.15, 0.2) is 11.4 Å². The van der Waals surface area contributed by atoms with Gasteiger partial charge in [-0.2, -0.15) is 0 Å². The van der Waals surface area contributed by atoms with Crippen molar-refractivity contribution in [2.24, 2.45) is 0 Å². The molecule has 0 fully saturated rings. The van der Waals surface area contributed by atoms with E-state index in [4.69, 9.17) is 5.11 Å². The molecule has 1 aromatic rings. The predicted molar refractivity (Wildman–Crippen MR) is 70.2 cm³/mol. The number of hydrogen-bond donors (Lipinski definition) is 2. The molecular formula is C12H20N2O2S. The van der Waals surface area contributed by atoms with Crippen LogP contribution in [-0.4, -0.2) is 35.7 Å². The molecule has 0 aliphatic carbocycles. The number of nitrogens with zero attached hydrogens (tertiary/aromatic N) is 1. The van der Waals surface area contributed by atoms with Crippen LogP contribution < -0.4 is 5.32 Å². The molecule has 0 aromatic carbocycles. The van der Waals surface area contributed by atoms with Crippen molar-refractivity contribution in [3.63, 3.8) is 0 Å². The van der Waals surface area contributed by atoms with Crippen LogP contribution in [0.25, 0.3) is 0 Å². The first kappa shape index (κ1) is 14.0. The number of carbonyl (C=O) groups excluding carboxylic acids is 1. The van der Waals surface area contributed by atoms with E-state index in [0.29, 0.717) is 19.5 Å². The number of nitrogens with one attached hydrogen (secondary N) is 1. The second-order valence-corrected chi connectivity index (χ2v) is 5.25. The van der Waals surface area contributed by atoms with Crippen molar-refractivity contribution >= 4 is 17.4 Å². The van der Waals surface area contributed by atoms with Crippen molar-refractivity contribution in [3.05, 3.63) is 21.9 Å². The van der Waals surface area contributed by atoms with Gasteiger partial charge in [-0.15, -0.1) is 11.3 Å². The van der Waals surface area contributed by atoms with Crippen LogP contribution in [0.5, 0.6) is 0 Å². The van der Waals surface area contributed by atoms with Crippen molar-refractivity contribution in [1.29, 1.82) is 0 Å². The van der Waals surface area contributed by atoms with Crippen LogP contribution in [0.3, 0.4) is 0 Å². The highest BCUT2D eigenvalue weighted by molar-refractivity contribution is 7.10. The minimum Gasteiger partial charge on any atom is -0.393 e. The molecule has 96 valence electrons. The summed E-state index contributed by atoms with van der Waals surface area (Å²) < 4.78 is 0. The Morgan fingerprint density at radius 1 is 1.65 bits per heavy atom. The zero-order valence-corrected chi connectivity index (χ0v) is 11.4. The summed E-state index contributed by atoms with van der Waals surface area (Å²) in [4.78, 5) is 14.5. The van der Waals surface area contributed by atoms with Crippen molar-refractivity contribution in [1.82, 2.24) is 10.2 Å². The van der Waals surface area contributed by atoms with E-state index in [1.807, 2.05) is 18.4 Å². The second-order valence-electron chi connectivity index (χ2n) is 4.24. The molecule has 1 rings (SSSR count). The number of rotatable bonds is 5. The highest BCUT2D eigenvalue weighted by Crippen LogP contribution is 2.14. The van der Waals surface area contributed by atoms with Crippen LogP contribution >= 0.6 is 11.3 Å². The minimum absolute atomic E-state index is 0.0987. The van der Waals surface area contributed by atoms with E-state index in [1.165, 1.54) is 10.4 Å². The topological polar surface area (TPSA) is 52.6 Å². The predicted octanol–water partition coefficient (Wildman–Crippen LogP) is 1.97. The molecule has 0 aliphatic rings. The molecule has 2 amide bonds. The lowest BCUT2D eigenvalue weighted by Crippen LogP contribution is -2.38. The van der Waals surface area contributed by atoms with E-state index in [9.17, 15) is 4.79 Å². The zero-order chi connectivity index (χ0) is 12.8. The Labute approximate surface area is 106 Å². The largest absolute Gasteiger partial charge is 0.393 e. The summed E-state index contributed by atoms with van der Waals surface area (Å²) in [7, 11) is 1.74. The first-order valence-corrected chi connectivity index (χ1v) is 6.58. The van der Waals surface area contributed by atoms with Gasteiger partial charge in [0.05, 0.1) is 12.6 Å². The van der Waals surface area contributed by atoms with E-state index in [1.54, 1.807) is 30.2 Å². The normalized spacial score (nSPS) is 12.2. The molecule has 2 N–H and O–H groups in total. The number of carbonyl (C=O) groups is 1. The van der Waals surface area contributed by atoms with Gasteiger partial charge in [-0.1, -0.05) is 0 Å². The summed E-state index contributed by atoms with van der Waals surface area (Å²) in [5.41, 5.74) is 1.21. The molecule has 0 bridgehead atoms. The molecule has 0 radical (unpaired) electrons. The van der Waals surface area contributed by atoms with Gasteiger partial charge in [-0.05, 0) is 37.3 Å². The molecule has 0 saturated heterocycles. The average Bonchev–Trinajstić information content (AvgIpc) is 2.68. The van der Waals surface area contributed by atoms with E-state index in [-0.39, 0.29) is 12.1 Å². The Morgan fingerprint density at radius 3 is 2.88 bits per heavy atom. The number of aliphatic hydroxyl groups excluding tert-OH is 1. The number of aryl methyl sites for hydroxylation is 1. The van der Waals surface area contributed by atoms with E-state index < -0.39 is 0 Å². The van der Waals surface area contributed by atoms with Gasteiger partial charge in [0.25, 0.3) is 0 Å². The van der Waals surface area contributed by atoms with Gasteiger partial charge in [0.1, 0.15) is 0 Å². The summed E-state index contributed by atoms with van der Waals surface area (Å²) in [6, 6.07) is 1.95. The van der Waals surface area contributed by atoms with Crippen LogP contribution in [0, 0.1) is 6.92 Å². The second kappa shape index (κ2) is 6.61. The lowest BCUT2D eigenvalue weighted by molar-refractivity contribution is 0.163. The number of thiophene rings is 1. The zero-order valence-electron chi connectivity index (χ0n) is 10.6. The van der Waals surface area contributed by atoms with E-state index in [2.05, 4.69) is 5.32 Å². The molecule has 1 atom stereocenters. The standard InChI is InChI=1S/C12H20N2O2S/c1-9-5-7-17-11(9)8-13-12(16)14(3)6-4-10(2)15/h5,7,10,15H,4,6,8H2,1-3H3,(H,13,16). The molecule has 17 heavy (non-hydrogen) atoms. The summed E-state index contributed by atoms with van der Waals surface area (Å²) >= 11 is 1.65. The van der Waals surface area contributed by atoms with Gasteiger partial charge in [-0.3, -0.25) is 0 Å². The molecule has 1 heterocycles. The third kappa shape index (κ3) is 4.75. The Morgan fingerprint density at radius 2 is 2.35 bits per heavy atom. The average molecular weight is 256 g/mol. The lowest BCUT2D eigenvalue weighted by Gasteiger charge is -2.18. The summed E-state index contributed by atoms with van der Waals surface area (Å²) in [6.45, 7) is 4.89. The summed E-state index contributed by atoms with van der Waals surface area (Å²) in [5, 5.41) is 14.0. The van der Waals surface area contributed by atoms with E-state index >= 15 is 0 Å². The number of hydrogen-bond acceptors (Lipinski definition) is 3. The quantitative estimate of drug-likeness (QED) is 0.846. The highest BCUT2D eigenvalue weighted by Gasteiger charge is 2.09. The number of amides is 2. The van der Waals surface area contributed by atoms with Gasteiger partial charge >= 0.3 is 6.03 Å². The van der Waals surface area contributed by atoms with Crippen LogP contribution in [0.1, 0.15) is 23.8 Å². The monoisotopic (exact) mass is 256 g/mol. The van der Waals surface area contributed by atoms with Crippen molar-refractivity contribution in [2.75, 3.05) is 13.6 Å². The molecule has 0 aliphatic heterocycles. The minimum atomic E-state index is -0.371. The molecule has 1 unspecified atom stereocenters. The van der Waals surface area contributed by atoms with Gasteiger partial charge in [0, 0.05) is 18.5 Å². The Kier molecular flexibility index (Phi) is 5.44.